The lowest BCUT2D eigenvalue weighted by Crippen LogP contribution is -2.42. The van der Waals surface area contributed by atoms with Gasteiger partial charge in [0.2, 0.25) is 5.91 Å². The number of carbonyl (C=O) groups is 2. The number of hydrogen-bond donors (Lipinski definition) is 3. The van der Waals surface area contributed by atoms with Crippen LogP contribution in [0.25, 0.3) is 0 Å². The highest BCUT2D eigenvalue weighted by Crippen LogP contribution is 1.92. The molecule has 0 radical (unpaired) electrons. The Labute approximate surface area is 90.9 Å². The van der Waals surface area contributed by atoms with Gasteiger partial charge in [0, 0.05) is 13.0 Å². The lowest BCUT2D eigenvalue weighted by atomic mass is 10.2. The number of rotatable bonds is 6. The topological polar surface area (TPSA) is 117 Å². The molecule has 1 atom stereocenters. The van der Waals surface area contributed by atoms with Crippen molar-refractivity contribution in [2.45, 2.75) is 19.0 Å². The molecule has 8 nitrogen and oxygen atoms in total. The Bertz CT molecular complexity index is 351. The van der Waals surface area contributed by atoms with E-state index in [-0.39, 0.29) is 19.6 Å². The molecule has 1 aromatic rings. The summed E-state index contributed by atoms with van der Waals surface area (Å²) in [6, 6.07) is -1.08. The fourth-order valence-electron chi connectivity index (χ4n) is 1.09. The molecule has 1 aromatic heterocycles. The second-order valence-electron chi connectivity index (χ2n) is 3.06. The molecule has 0 bridgehead atoms. The maximum absolute atomic E-state index is 11.4. The predicted molar refractivity (Wildman–Crippen MR) is 51.3 cm³/mol. The fraction of sp³-hybridized carbons (Fsp3) is 0.500. The molecule has 0 aliphatic carbocycles. The summed E-state index contributed by atoms with van der Waals surface area (Å²) < 4.78 is 1.27. The second kappa shape index (κ2) is 5.81. The minimum atomic E-state index is -1.18. The fourth-order valence-corrected chi connectivity index (χ4v) is 1.09. The highest BCUT2D eigenvalue weighted by molar-refractivity contribution is 5.83. The van der Waals surface area contributed by atoms with Crippen LogP contribution in [0.15, 0.2) is 12.7 Å². The molecule has 0 fully saturated rings. The number of amides is 1. The highest BCUT2D eigenvalue weighted by Gasteiger charge is 2.19. The Hall–Kier alpha value is -1.96. The quantitative estimate of drug-likeness (QED) is 0.530. The summed E-state index contributed by atoms with van der Waals surface area (Å²) in [4.78, 5) is 25.7. The number of aliphatic carboxylic acids is 1. The van der Waals surface area contributed by atoms with E-state index < -0.39 is 17.9 Å². The van der Waals surface area contributed by atoms with Crippen molar-refractivity contribution in [3.63, 3.8) is 0 Å². The lowest BCUT2D eigenvalue weighted by Gasteiger charge is -2.12. The first-order chi connectivity index (χ1) is 7.63. The zero-order valence-electron chi connectivity index (χ0n) is 8.41. The van der Waals surface area contributed by atoms with E-state index in [0.29, 0.717) is 0 Å². The Kier molecular flexibility index (Phi) is 4.40. The average Bonchev–Trinajstić information content (AvgIpc) is 2.69. The van der Waals surface area contributed by atoms with E-state index in [4.69, 9.17) is 10.2 Å². The smallest absolute Gasteiger partial charge is 0.326 e. The molecule has 1 rings (SSSR count). The van der Waals surface area contributed by atoms with Gasteiger partial charge in [-0.15, -0.1) is 0 Å². The van der Waals surface area contributed by atoms with Crippen LogP contribution in [0.5, 0.6) is 0 Å². The second-order valence-corrected chi connectivity index (χ2v) is 3.06. The van der Waals surface area contributed by atoms with Crippen LogP contribution < -0.4 is 5.32 Å². The van der Waals surface area contributed by atoms with Crippen molar-refractivity contribution in [2.24, 2.45) is 0 Å². The van der Waals surface area contributed by atoms with Crippen molar-refractivity contribution in [2.75, 3.05) is 6.61 Å². The Morgan fingerprint density at radius 1 is 1.50 bits per heavy atom. The van der Waals surface area contributed by atoms with Crippen LogP contribution in [0.2, 0.25) is 0 Å². The van der Waals surface area contributed by atoms with Crippen molar-refractivity contribution < 1.29 is 19.8 Å². The van der Waals surface area contributed by atoms with Crippen LogP contribution >= 0.6 is 0 Å². The van der Waals surface area contributed by atoms with Gasteiger partial charge in [0.1, 0.15) is 25.2 Å². The molecule has 0 saturated heterocycles. The Morgan fingerprint density at radius 2 is 2.25 bits per heavy atom. The molecular weight excluding hydrogens is 216 g/mol. The number of hydrogen-bond acceptors (Lipinski definition) is 5. The Balaban J connectivity index is 2.45. The normalized spacial score (nSPS) is 12.1. The van der Waals surface area contributed by atoms with Crippen molar-refractivity contribution >= 4 is 11.9 Å². The number of nitrogens with zero attached hydrogens (tertiary/aromatic N) is 3. The van der Waals surface area contributed by atoms with Crippen molar-refractivity contribution in [3.05, 3.63) is 12.7 Å². The van der Waals surface area contributed by atoms with Crippen LogP contribution in [-0.2, 0) is 16.1 Å². The molecule has 8 heteroatoms. The van der Waals surface area contributed by atoms with E-state index in [9.17, 15) is 9.59 Å². The molecule has 0 aliphatic heterocycles. The van der Waals surface area contributed by atoms with Crippen molar-refractivity contribution in [1.29, 1.82) is 0 Å². The molecule has 1 heterocycles. The standard InChI is InChI=1S/C8H12N4O4/c13-2-1-6(8(15)16)11-7(14)3-12-5-9-4-10-12/h4-6,13H,1-3H2,(H,11,14)(H,15,16)/t6-/m1/s1. The summed E-state index contributed by atoms with van der Waals surface area (Å²) in [5.41, 5.74) is 0. The summed E-state index contributed by atoms with van der Waals surface area (Å²) in [5, 5.41) is 23.3. The van der Waals surface area contributed by atoms with Gasteiger partial charge in [0.05, 0.1) is 0 Å². The number of aliphatic hydroxyl groups is 1. The maximum atomic E-state index is 11.4. The predicted octanol–water partition coefficient (Wildman–Crippen LogP) is -1.77. The number of carbonyl (C=O) groups excluding carboxylic acids is 1. The number of aliphatic hydroxyl groups excluding tert-OH is 1. The summed E-state index contributed by atoms with van der Waals surface area (Å²) in [6.07, 6.45) is 2.59. The van der Waals surface area contributed by atoms with Gasteiger partial charge in [-0.05, 0) is 0 Å². The highest BCUT2D eigenvalue weighted by atomic mass is 16.4. The zero-order chi connectivity index (χ0) is 12.0. The molecule has 0 saturated carbocycles. The molecule has 0 aromatic carbocycles. The van der Waals surface area contributed by atoms with Gasteiger partial charge in [0.15, 0.2) is 0 Å². The Morgan fingerprint density at radius 3 is 2.75 bits per heavy atom. The number of carboxylic acid groups (broad SMARTS) is 1. The van der Waals surface area contributed by atoms with Crippen LogP contribution in [0.1, 0.15) is 6.42 Å². The third kappa shape index (κ3) is 3.65. The largest absolute Gasteiger partial charge is 0.480 e. The number of nitrogens with one attached hydrogen (secondary N) is 1. The third-order valence-electron chi connectivity index (χ3n) is 1.82. The molecule has 3 N–H and O–H groups in total. The molecule has 16 heavy (non-hydrogen) atoms. The van der Waals surface area contributed by atoms with E-state index in [1.165, 1.54) is 17.3 Å². The monoisotopic (exact) mass is 228 g/mol. The first-order valence-corrected chi connectivity index (χ1v) is 4.59. The van der Waals surface area contributed by atoms with E-state index >= 15 is 0 Å². The summed E-state index contributed by atoms with van der Waals surface area (Å²) in [5.74, 6) is -1.67. The molecule has 0 spiro atoms. The molecule has 1 amide bonds. The van der Waals surface area contributed by atoms with Crippen LogP contribution in [0, 0.1) is 0 Å². The van der Waals surface area contributed by atoms with E-state index in [0.717, 1.165) is 0 Å². The molecule has 0 unspecified atom stereocenters. The van der Waals surface area contributed by atoms with Gasteiger partial charge in [-0.3, -0.25) is 4.79 Å². The van der Waals surface area contributed by atoms with Crippen LogP contribution in [-0.4, -0.2) is 49.5 Å². The maximum Gasteiger partial charge on any atom is 0.326 e. The minimum absolute atomic E-state index is 0.0293. The summed E-state index contributed by atoms with van der Waals surface area (Å²) >= 11 is 0. The van der Waals surface area contributed by atoms with Crippen molar-refractivity contribution in [1.82, 2.24) is 20.1 Å². The van der Waals surface area contributed by atoms with E-state index in [2.05, 4.69) is 15.4 Å². The van der Waals surface area contributed by atoms with Gasteiger partial charge in [-0.25, -0.2) is 14.5 Å². The van der Waals surface area contributed by atoms with Gasteiger partial charge in [-0.2, -0.15) is 5.10 Å². The summed E-state index contributed by atoms with van der Waals surface area (Å²) in [7, 11) is 0. The first-order valence-electron chi connectivity index (χ1n) is 4.59. The zero-order valence-corrected chi connectivity index (χ0v) is 8.41. The minimum Gasteiger partial charge on any atom is -0.480 e. The summed E-state index contributed by atoms with van der Waals surface area (Å²) in [6.45, 7) is -0.407. The van der Waals surface area contributed by atoms with Gasteiger partial charge < -0.3 is 15.5 Å². The number of carboxylic acids is 1. The van der Waals surface area contributed by atoms with Gasteiger partial charge in [-0.1, -0.05) is 0 Å². The van der Waals surface area contributed by atoms with Crippen molar-refractivity contribution in [3.8, 4) is 0 Å². The van der Waals surface area contributed by atoms with Gasteiger partial charge >= 0.3 is 5.97 Å². The molecule has 88 valence electrons. The van der Waals surface area contributed by atoms with Gasteiger partial charge in [0.25, 0.3) is 0 Å². The third-order valence-corrected chi connectivity index (χ3v) is 1.82. The van der Waals surface area contributed by atoms with E-state index in [1.54, 1.807) is 0 Å². The SMILES string of the molecule is O=C(Cn1cncn1)N[C@H](CCO)C(=O)O. The van der Waals surface area contributed by atoms with Crippen LogP contribution in [0.4, 0.5) is 0 Å². The molecule has 0 aliphatic rings. The first kappa shape index (κ1) is 12.1. The number of aromatic nitrogens is 3. The lowest BCUT2D eigenvalue weighted by molar-refractivity contribution is -0.142. The molecular formula is C8H12N4O4. The average molecular weight is 228 g/mol. The van der Waals surface area contributed by atoms with E-state index in [1.807, 2.05) is 0 Å². The van der Waals surface area contributed by atoms with Crippen LogP contribution in [0.3, 0.4) is 0 Å².